The molecule has 7 nitrogen and oxygen atoms in total. The Kier molecular flexibility index (Phi) is 5.71. The number of carbonyl (C=O) groups is 3. The number of ether oxygens (including phenoxy) is 2. The zero-order chi connectivity index (χ0) is 19.2. The van der Waals surface area contributed by atoms with Crippen molar-refractivity contribution in [3.05, 3.63) is 60.2 Å². The molecule has 7 heteroatoms. The molecular formula is C20H20N2O5. The van der Waals surface area contributed by atoms with Crippen molar-refractivity contribution in [2.45, 2.75) is 25.0 Å². The number of amides is 2. The smallest absolute Gasteiger partial charge is 0.328 e. The molecule has 1 aliphatic heterocycles. The Morgan fingerprint density at radius 3 is 2.59 bits per heavy atom. The van der Waals surface area contributed by atoms with Crippen LogP contribution in [-0.4, -0.2) is 37.0 Å². The standard InChI is InChI=1S/C20H20N2O5/c1-26-20(25)15(11-13-7-3-2-4-8-13)21-18(23)12-17-19(24)22-14-9-5-6-10-16(14)27-17/h2-10,15,17H,11-12H2,1H3,(H,21,23)(H,22,24). The summed E-state index contributed by atoms with van der Waals surface area (Å²) in [6, 6.07) is 15.4. The van der Waals surface area contributed by atoms with Crippen LogP contribution in [0, 0.1) is 0 Å². The number of hydrogen-bond donors (Lipinski definition) is 2. The van der Waals surface area contributed by atoms with Gasteiger partial charge < -0.3 is 20.1 Å². The molecular weight excluding hydrogens is 348 g/mol. The van der Waals surface area contributed by atoms with Gasteiger partial charge in [0, 0.05) is 6.42 Å². The highest BCUT2D eigenvalue weighted by Crippen LogP contribution is 2.29. The van der Waals surface area contributed by atoms with E-state index in [0.29, 0.717) is 17.9 Å². The Labute approximate surface area is 156 Å². The van der Waals surface area contributed by atoms with E-state index in [9.17, 15) is 14.4 Å². The highest BCUT2D eigenvalue weighted by Gasteiger charge is 2.31. The van der Waals surface area contributed by atoms with E-state index in [1.54, 1.807) is 24.3 Å². The lowest BCUT2D eigenvalue weighted by atomic mass is 10.1. The van der Waals surface area contributed by atoms with E-state index in [1.807, 2.05) is 30.3 Å². The largest absolute Gasteiger partial charge is 0.478 e. The molecule has 0 aromatic heterocycles. The minimum absolute atomic E-state index is 0.206. The van der Waals surface area contributed by atoms with Gasteiger partial charge >= 0.3 is 5.97 Å². The van der Waals surface area contributed by atoms with E-state index < -0.39 is 29.9 Å². The molecule has 2 amide bonds. The lowest BCUT2D eigenvalue weighted by Gasteiger charge is -2.26. The number of methoxy groups -OCH3 is 1. The van der Waals surface area contributed by atoms with Crippen LogP contribution in [0.2, 0.25) is 0 Å². The number of fused-ring (bicyclic) bond motifs is 1. The first-order chi connectivity index (χ1) is 13.1. The molecule has 2 atom stereocenters. The molecule has 2 unspecified atom stereocenters. The number of esters is 1. The van der Waals surface area contributed by atoms with Crippen LogP contribution in [0.1, 0.15) is 12.0 Å². The molecule has 0 aliphatic carbocycles. The van der Waals surface area contributed by atoms with Crippen LogP contribution in [0.25, 0.3) is 0 Å². The Hall–Kier alpha value is -3.35. The van der Waals surface area contributed by atoms with Gasteiger partial charge in [-0.2, -0.15) is 0 Å². The molecule has 0 spiro atoms. The molecule has 1 aliphatic rings. The summed E-state index contributed by atoms with van der Waals surface area (Å²) in [7, 11) is 1.26. The monoisotopic (exact) mass is 368 g/mol. The molecule has 0 saturated heterocycles. The summed E-state index contributed by atoms with van der Waals surface area (Å²) >= 11 is 0. The molecule has 2 aromatic carbocycles. The van der Waals surface area contributed by atoms with Gasteiger partial charge in [0.1, 0.15) is 11.8 Å². The molecule has 3 rings (SSSR count). The highest BCUT2D eigenvalue weighted by atomic mass is 16.5. The minimum Gasteiger partial charge on any atom is -0.478 e. The van der Waals surface area contributed by atoms with Gasteiger partial charge in [-0.15, -0.1) is 0 Å². The molecule has 2 aromatic rings. The second-order valence-electron chi connectivity index (χ2n) is 6.13. The number of benzene rings is 2. The zero-order valence-corrected chi connectivity index (χ0v) is 14.8. The third-order valence-corrected chi connectivity index (χ3v) is 4.18. The second-order valence-corrected chi connectivity index (χ2v) is 6.13. The van der Waals surface area contributed by atoms with Crippen molar-refractivity contribution in [1.29, 1.82) is 0 Å². The van der Waals surface area contributed by atoms with Gasteiger partial charge in [-0.1, -0.05) is 42.5 Å². The van der Waals surface area contributed by atoms with Crippen molar-refractivity contribution in [2.75, 3.05) is 12.4 Å². The van der Waals surface area contributed by atoms with Gasteiger partial charge in [-0.05, 0) is 17.7 Å². The maximum atomic E-state index is 12.4. The summed E-state index contributed by atoms with van der Waals surface area (Å²) in [5, 5.41) is 5.34. The van der Waals surface area contributed by atoms with E-state index in [1.165, 1.54) is 7.11 Å². The van der Waals surface area contributed by atoms with Crippen LogP contribution in [-0.2, 0) is 25.5 Å². The number of para-hydroxylation sites is 2. The van der Waals surface area contributed by atoms with E-state index in [2.05, 4.69) is 10.6 Å². The Morgan fingerprint density at radius 2 is 1.85 bits per heavy atom. The summed E-state index contributed by atoms with van der Waals surface area (Å²) in [4.78, 5) is 36.6. The van der Waals surface area contributed by atoms with Crippen LogP contribution in [0.5, 0.6) is 5.75 Å². The molecule has 1 heterocycles. The van der Waals surface area contributed by atoms with Crippen LogP contribution in [0.4, 0.5) is 5.69 Å². The van der Waals surface area contributed by atoms with Crippen molar-refractivity contribution in [1.82, 2.24) is 5.32 Å². The first-order valence-corrected chi connectivity index (χ1v) is 8.54. The molecule has 27 heavy (non-hydrogen) atoms. The maximum Gasteiger partial charge on any atom is 0.328 e. The summed E-state index contributed by atoms with van der Waals surface area (Å²) < 4.78 is 10.4. The van der Waals surface area contributed by atoms with Crippen LogP contribution >= 0.6 is 0 Å². The van der Waals surface area contributed by atoms with Crippen LogP contribution < -0.4 is 15.4 Å². The van der Waals surface area contributed by atoms with Crippen molar-refractivity contribution in [2.24, 2.45) is 0 Å². The minimum atomic E-state index is -0.963. The fourth-order valence-corrected chi connectivity index (χ4v) is 2.83. The molecule has 0 bridgehead atoms. The van der Waals surface area contributed by atoms with E-state index in [4.69, 9.17) is 9.47 Å². The predicted molar refractivity (Wildman–Crippen MR) is 98.2 cm³/mol. The normalized spacial score (nSPS) is 16.3. The maximum absolute atomic E-state index is 12.4. The summed E-state index contributed by atoms with van der Waals surface area (Å²) in [6.07, 6.45) is -0.877. The quantitative estimate of drug-likeness (QED) is 0.757. The van der Waals surface area contributed by atoms with Crippen LogP contribution in [0.3, 0.4) is 0 Å². The van der Waals surface area contributed by atoms with E-state index >= 15 is 0 Å². The van der Waals surface area contributed by atoms with Gasteiger partial charge in [-0.25, -0.2) is 4.79 Å². The average molecular weight is 368 g/mol. The first kappa shape index (κ1) is 18.4. The number of carbonyl (C=O) groups excluding carboxylic acids is 3. The van der Waals surface area contributed by atoms with E-state index in [-0.39, 0.29) is 6.42 Å². The first-order valence-electron chi connectivity index (χ1n) is 8.54. The third kappa shape index (κ3) is 4.63. The van der Waals surface area contributed by atoms with Gasteiger partial charge in [-0.3, -0.25) is 9.59 Å². The van der Waals surface area contributed by atoms with E-state index in [0.717, 1.165) is 5.56 Å². The molecule has 140 valence electrons. The number of rotatable bonds is 6. The predicted octanol–water partition coefficient (Wildman–Crippen LogP) is 1.68. The van der Waals surface area contributed by atoms with Crippen molar-refractivity contribution >= 4 is 23.5 Å². The highest BCUT2D eigenvalue weighted by molar-refractivity contribution is 6.00. The SMILES string of the molecule is COC(=O)C(Cc1ccccc1)NC(=O)CC1Oc2ccccc2NC1=O. The van der Waals surface area contributed by atoms with Crippen molar-refractivity contribution < 1.29 is 23.9 Å². The summed E-state index contributed by atoms with van der Waals surface area (Å²) in [5.74, 6) is -0.919. The topological polar surface area (TPSA) is 93.7 Å². The Morgan fingerprint density at radius 1 is 1.15 bits per heavy atom. The molecule has 0 fully saturated rings. The molecule has 0 radical (unpaired) electrons. The fourth-order valence-electron chi connectivity index (χ4n) is 2.83. The van der Waals surface area contributed by atoms with Gasteiger partial charge in [0.25, 0.3) is 5.91 Å². The number of anilines is 1. The molecule has 0 saturated carbocycles. The van der Waals surface area contributed by atoms with Gasteiger partial charge in [0.15, 0.2) is 6.10 Å². The van der Waals surface area contributed by atoms with Gasteiger partial charge in [0.2, 0.25) is 5.91 Å². The Bertz CT molecular complexity index is 837. The fraction of sp³-hybridized carbons (Fsp3) is 0.250. The molecule has 2 N–H and O–H groups in total. The average Bonchev–Trinajstić information content (AvgIpc) is 2.68. The van der Waals surface area contributed by atoms with Crippen molar-refractivity contribution in [3.63, 3.8) is 0 Å². The van der Waals surface area contributed by atoms with Gasteiger partial charge in [0.05, 0.1) is 19.2 Å². The zero-order valence-electron chi connectivity index (χ0n) is 14.8. The number of hydrogen-bond acceptors (Lipinski definition) is 5. The van der Waals surface area contributed by atoms with Crippen molar-refractivity contribution in [3.8, 4) is 5.75 Å². The number of nitrogens with one attached hydrogen (secondary N) is 2. The lowest BCUT2D eigenvalue weighted by molar-refractivity contribution is -0.145. The Balaban J connectivity index is 1.64. The summed E-state index contributed by atoms with van der Waals surface area (Å²) in [5.41, 5.74) is 1.45. The lowest BCUT2D eigenvalue weighted by Crippen LogP contribution is -2.46. The second kappa shape index (κ2) is 8.35. The third-order valence-electron chi connectivity index (χ3n) is 4.18. The summed E-state index contributed by atoms with van der Waals surface area (Å²) in [6.45, 7) is 0. The van der Waals surface area contributed by atoms with Crippen LogP contribution in [0.15, 0.2) is 54.6 Å².